The van der Waals surface area contributed by atoms with Gasteiger partial charge in [-0.15, -0.1) is 0 Å². The summed E-state index contributed by atoms with van der Waals surface area (Å²) in [5.41, 5.74) is 1.57. The molecule has 0 heterocycles. The number of aliphatic hydroxyl groups is 1. The normalized spacial score (nSPS) is 33.9. The molecule has 2 heteroatoms. The number of hydrogen-bond donors (Lipinski definition) is 1. The van der Waals surface area contributed by atoms with E-state index >= 15 is 0 Å². The zero-order valence-corrected chi connectivity index (χ0v) is 11.2. The lowest BCUT2D eigenvalue weighted by atomic mass is 9.66. The van der Waals surface area contributed by atoms with Gasteiger partial charge in [-0.05, 0) is 51.2 Å². The lowest BCUT2D eigenvalue weighted by Gasteiger charge is -2.38. The van der Waals surface area contributed by atoms with E-state index in [1.54, 1.807) is 6.08 Å². The summed E-state index contributed by atoms with van der Waals surface area (Å²) in [6.07, 6.45) is 6.63. The van der Waals surface area contributed by atoms with Crippen molar-refractivity contribution in [1.29, 1.82) is 0 Å². The predicted molar refractivity (Wildman–Crippen MR) is 68.6 cm³/mol. The highest BCUT2D eigenvalue weighted by Crippen LogP contribution is 2.52. The van der Waals surface area contributed by atoms with Crippen LogP contribution in [0.5, 0.6) is 0 Å². The first-order valence-corrected chi connectivity index (χ1v) is 6.42. The van der Waals surface area contributed by atoms with E-state index in [0.29, 0.717) is 12.3 Å². The molecule has 0 aromatic heterocycles. The van der Waals surface area contributed by atoms with Crippen LogP contribution in [-0.2, 0) is 4.79 Å². The van der Waals surface area contributed by atoms with Crippen molar-refractivity contribution in [2.45, 2.75) is 52.6 Å². The van der Waals surface area contributed by atoms with Crippen LogP contribution in [0.3, 0.4) is 0 Å². The monoisotopic (exact) mass is 234 g/mol. The minimum absolute atomic E-state index is 0.0171. The molecule has 0 bridgehead atoms. The SMILES string of the molecule is CC1=CC(=O)C[C@@H](C)[C@@]12C=C(C(C)(C)O)CC2. The molecule has 17 heavy (non-hydrogen) atoms. The lowest BCUT2D eigenvalue weighted by molar-refractivity contribution is -0.116. The molecule has 0 radical (unpaired) electrons. The zero-order valence-electron chi connectivity index (χ0n) is 11.2. The van der Waals surface area contributed by atoms with Crippen LogP contribution in [0.25, 0.3) is 0 Å². The Morgan fingerprint density at radius 2 is 2.12 bits per heavy atom. The van der Waals surface area contributed by atoms with Gasteiger partial charge in [0.1, 0.15) is 0 Å². The molecule has 0 fully saturated rings. The fourth-order valence-corrected chi connectivity index (χ4v) is 3.29. The van der Waals surface area contributed by atoms with Crippen LogP contribution in [0, 0.1) is 11.3 Å². The van der Waals surface area contributed by atoms with Gasteiger partial charge in [-0.3, -0.25) is 4.79 Å². The first kappa shape index (κ1) is 12.6. The van der Waals surface area contributed by atoms with E-state index in [1.807, 2.05) is 13.8 Å². The Morgan fingerprint density at radius 3 is 2.59 bits per heavy atom. The van der Waals surface area contributed by atoms with Crippen LogP contribution in [0.4, 0.5) is 0 Å². The first-order valence-electron chi connectivity index (χ1n) is 6.42. The third-order valence-electron chi connectivity index (χ3n) is 4.52. The second kappa shape index (κ2) is 3.81. The molecule has 2 rings (SSSR count). The molecule has 1 N–H and O–H groups in total. The van der Waals surface area contributed by atoms with E-state index in [4.69, 9.17) is 0 Å². The van der Waals surface area contributed by atoms with Gasteiger partial charge in [-0.1, -0.05) is 18.6 Å². The highest BCUT2D eigenvalue weighted by Gasteiger charge is 2.44. The summed E-state index contributed by atoms with van der Waals surface area (Å²) < 4.78 is 0. The number of allylic oxidation sites excluding steroid dienone is 3. The van der Waals surface area contributed by atoms with Crippen molar-refractivity contribution >= 4 is 5.78 Å². The molecule has 0 amide bonds. The number of ketones is 1. The minimum Gasteiger partial charge on any atom is -0.386 e. The Labute approximate surface area is 103 Å². The summed E-state index contributed by atoms with van der Waals surface area (Å²) in [6, 6.07) is 0. The van der Waals surface area contributed by atoms with Crippen molar-refractivity contribution in [3.63, 3.8) is 0 Å². The molecule has 2 aliphatic carbocycles. The summed E-state index contributed by atoms with van der Waals surface area (Å²) in [4.78, 5) is 11.6. The molecule has 2 aliphatic rings. The Hall–Kier alpha value is -0.890. The lowest BCUT2D eigenvalue weighted by Crippen LogP contribution is -2.32. The molecule has 1 spiro atoms. The molecule has 2 nitrogen and oxygen atoms in total. The second-order valence-electron chi connectivity index (χ2n) is 6.17. The second-order valence-corrected chi connectivity index (χ2v) is 6.17. The molecular weight excluding hydrogens is 212 g/mol. The quantitative estimate of drug-likeness (QED) is 0.708. The van der Waals surface area contributed by atoms with Gasteiger partial charge in [-0.2, -0.15) is 0 Å². The van der Waals surface area contributed by atoms with Crippen molar-refractivity contribution in [1.82, 2.24) is 0 Å². The van der Waals surface area contributed by atoms with Gasteiger partial charge in [0, 0.05) is 11.8 Å². The molecule has 0 saturated carbocycles. The fraction of sp³-hybridized carbons (Fsp3) is 0.667. The van der Waals surface area contributed by atoms with Gasteiger partial charge < -0.3 is 5.11 Å². The van der Waals surface area contributed by atoms with Gasteiger partial charge in [0.25, 0.3) is 0 Å². The van der Waals surface area contributed by atoms with Crippen LogP contribution in [-0.4, -0.2) is 16.5 Å². The first-order chi connectivity index (χ1) is 7.75. The van der Waals surface area contributed by atoms with Crippen molar-refractivity contribution in [2.24, 2.45) is 11.3 Å². The molecular formula is C15H22O2. The Balaban J connectivity index is 2.42. The summed E-state index contributed by atoms with van der Waals surface area (Å²) >= 11 is 0. The van der Waals surface area contributed by atoms with E-state index in [-0.39, 0.29) is 11.2 Å². The number of hydrogen-bond acceptors (Lipinski definition) is 2. The number of carbonyl (C=O) groups is 1. The van der Waals surface area contributed by atoms with Crippen molar-refractivity contribution in [2.75, 3.05) is 0 Å². The standard InChI is InChI=1S/C15H22O2/c1-10-7-13(16)8-11(2)15(10)6-5-12(9-15)14(3,4)17/h7,9,11,17H,5-6,8H2,1-4H3/t11-,15+/m1/s1. The van der Waals surface area contributed by atoms with E-state index in [2.05, 4.69) is 19.9 Å². The largest absolute Gasteiger partial charge is 0.386 e. The molecule has 0 saturated heterocycles. The van der Waals surface area contributed by atoms with Gasteiger partial charge in [0.2, 0.25) is 0 Å². The molecule has 2 atom stereocenters. The smallest absolute Gasteiger partial charge is 0.155 e. The Bertz CT molecular complexity index is 409. The summed E-state index contributed by atoms with van der Waals surface area (Å²) in [5.74, 6) is 0.589. The maximum atomic E-state index is 11.6. The number of rotatable bonds is 1. The average molecular weight is 234 g/mol. The predicted octanol–water partition coefficient (Wildman–Crippen LogP) is 3.02. The van der Waals surface area contributed by atoms with Gasteiger partial charge in [-0.25, -0.2) is 0 Å². The maximum Gasteiger partial charge on any atom is 0.155 e. The molecule has 0 aliphatic heterocycles. The summed E-state index contributed by atoms with van der Waals surface area (Å²) in [5, 5.41) is 10.1. The van der Waals surface area contributed by atoms with Crippen LogP contribution in [0.1, 0.15) is 47.0 Å². The van der Waals surface area contributed by atoms with Crippen LogP contribution < -0.4 is 0 Å². The van der Waals surface area contributed by atoms with Gasteiger partial charge in [0.15, 0.2) is 5.78 Å². The average Bonchev–Trinajstić information content (AvgIpc) is 2.59. The number of carbonyl (C=O) groups excluding carboxylic acids is 1. The van der Waals surface area contributed by atoms with Crippen LogP contribution in [0.15, 0.2) is 23.3 Å². The summed E-state index contributed by atoms with van der Waals surface area (Å²) in [6.45, 7) is 7.89. The highest BCUT2D eigenvalue weighted by molar-refractivity contribution is 5.92. The summed E-state index contributed by atoms with van der Waals surface area (Å²) in [7, 11) is 0. The Morgan fingerprint density at radius 1 is 1.47 bits per heavy atom. The van der Waals surface area contributed by atoms with Crippen LogP contribution >= 0.6 is 0 Å². The molecule has 94 valence electrons. The third-order valence-corrected chi connectivity index (χ3v) is 4.52. The highest BCUT2D eigenvalue weighted by atomic mass is 16.3. The topological polar surface area (TPSA) is 37.3 Å². The van der Waals surface area contributed by atoms with E-state index < -0.39 is 5.60 Å². The van der Waals surface area contributed by atoms with Crippen LogP contribution in [0.2, 0.25) is 0 Å². The van der Waals surface area contributed by atoms with E-state index in [9.17, 15) is 9.90 Å². The fourth-order valence-electron chi connectivity index (χ4n) is 3.29. The van der Waals surface area contributed by atoms with Gasteiger partial charge in [0.05, 0.1) is 5.60 Å². The minimum atomic E-state index is -0.731. The van der Waals surface area contributed by atoms with Crippen molar-refractivity contribution < 1.29 is 9.90 Å². The molecule has 0 aromatic carbocycles. The zero-order chi connectivity index (χ0) is 12.8. The van der Waals surface area contributed by atoms with Crippen molar-refractivity contribution in [3.05, 3.63) is 23.3 Å². The Kier molecular flexibility index (Phi) is 2.81. The van der Waals surface area contributed by atoms with E-state index in [0.717, 1.165) is 18.4 Å². The van der Waals surface area contributed by atoms with E-state index in [1.165, 1.54) is 5.57 Å². The van der Waals surface area contributed by atoms with Gasteiger partial charge >= 0.3 is 0 Å². The van der Waals surface area contributed by atoms with Crippen molar-refractivity contribution in [3.8, 4) is 0 Å². The molecule has 0 aromatic rings. The molecule has 0 unspecified atom stereocenters. The maximum absolute atomic E-state index is 11.6. The third kappa shape index (κ3) is 1.99.